The Kier molecular flexibility index (Phi) is 4.19. The van der Waals surface area contributed by atoms with E-state index in [0.29, 0.717) is 25.1 Å². The molecule has 1 aliphatic rings. The van der Waals surface area contributed by atoms with Gasteiger partial charge in [-0.2, -0.15) is 0 Å². The van der Waals surface area contributed by atoms with Crippen molar-refractivity contribution in [1.82, 2.24) is 5.16 Å². The van der Waals surface area contributed by atoms with Crippen LogP contribution in [-0.4, -0.2) is 28.8 Å². The zero-order valence-corrected chi connectivity index (χ0v) is 10.8. The van der Waals surface area contributed by atoms with Gasteiger partial charge in [0, 0.05) is 12.0 Å². The highest BCUT2D eigenvalue weighted by molar-refractivity contribution is 5.86. The minimum absolute atomic E-state index is 0.109. The second kappa shape index (κ2) is 5.86. The van der Waals surface area contributed by atoms with Crippen molar-refractivity contribution in [2.75, 3.05) is 6.61 Å². The van der Waals surface area contributed by atoms with E-state index in [-0.39, 0.29) is 17.6 Å². The molecule has 19 heavy (non-hydrogen) atoms. The van der Waals surface area contributed by atoms with E-state index in [1.807, 2.05) is 0 Å². The van der Waals surface area contributed by atoms with Crippen LogP contribution in [0, 0.1) is 5.92 Å². The summed E-state index contributed by atoms with van der Waals surface area (Å²) in [4.78, 5) is 22.3. The number of carboxylic acids is 1. The summed E-state index contributed by atoms with van der Waals surface area (Å²) in [5.41, 5.74) is 0.715. The van der Waals surface area contributed by atoms with Crippen LogP contribution in [0.15, 0.2) is 10.6 Å². The molecule has 0 amide bonds. The van der Waals surface area contributed by atoms with Crippen molar-refractivity contribution in [1.29, 1.82) is 0 Å². The van der Waals surface area contributed by atoms with Gasteiger partial charge in [0.25, 0.3) is 0 Å². The van der Waals surface area contributed by atoms with E-state index >= 15 is 0 Å². The first-order valence-electron chi connectivity index (χ1n) is 6.48. The van der Waals surface area contributed by atoms with Crippen LogP contribution < -0.4 is 0 Å². The lowest BCUT2D eigenvalue weighted by molar-refractivity contribution is -0.142. The number of nitrogens with zero attached hydrogens (tertiary/aromatic N) is 1. The highest BCUT2D eigenvalue weighted by Crippen LogP contribution is 2.35. The first kappa shape index (κ1) is 13.6. The molecule has 1 aromatic rings. The summed E-state index contributed by atoms with van der Waals surface area (Å²) in [6, 6.07) is 1.60. The molecule has 6 heteroatoms. The fraction of sp³-hybridized carbons (Fsp3) is 0.615. The molecule has 1 fully saturated rings. The molecule has 1 aliphatic carbocycles. The average Bonchev–Trinajstić information content (AvgIpc) is 2.89. The second-order valence-electron chi connectivity index (χ2n) is 4.72. The minimum atomic E-state index is -0.731. The second-order valence-corrected chi connectivity index (χ2v) is 4.72. The van der Waals surface area contributed by atoms with Gasteiger partial charge in [-0.05, 0) is 32.6 Å². The fourth-order valence-electron chi connectivity index (χ4n) is 2.42. The Balaban J connectivity index is 1.97. The van der Waals surface area contributed by atoms with E-state index in [0.717, 1.165) is 12.8 Å². The van der Waals surface area contributed by atoms with Crippen molar-refractivity contribution in [3.63, 3.8) is 0 Å². The number of carbonyl (C=O) groups is 2. The van der Waals surface area contributed by atoms with E-state index in [1.165, 1.54) is 0 Å². The molecule has 1 N–H and O–H groups in total. The number of hydrogen-bond acceptors (Lipinski definition) is 5. The van der Waals surface area contributed by atoms with E-state index in [2.05, 4.69) is 5.16 Å². The van der Waals surface area contributed by atoms with Crippen LogP contribution in [0.3, 0.4) is 0 Å². The summed E-state index contributed by atoms with van der Waals surface area (Å²) in [7, 11) is 0. The van der Waals surface area contributed by atoms with Crippen molar-refractivity contribution >= 4 is 11.9 Å². The summed E-state index contributed by atoms with van der Waals surface area (Å²) >= 11 is 0. The maximum Gasteiger partial charge on any atom is 0.377 e. The molecule has 0 spiro atoms. The molecule has 0 unspecified atom stereocenters. The van der Waals surface area contributed by atoms with Gasteiger partial charge in [0.15, 0.2) is 0 Å². The van der Waals surface area contributed by atoms with Gasteiger partial charge in [0.2, 0.25) is 5.76 Å². The van der Waals surface area contributed by atoms with Gasteiger partial charge >= 0.3 is 11.9 Å². The zero-order chi connectivity index (χ0) is 13.8. The lowest BCUT2D eigenvalue weighted by atomic mass is 9.80. The zero-order valence-electron chi connectivity index (χ0n) is 10.8. The largest absolute Gasteiger partial charge is 0.481 e. The maximum absolute atomic E-state index is 11.4. The topological polar surface area (TPSA) is 89.6 Å². The molecule has 0 bridgehead atoms. The Morgan fingerprint density at radius 2 is 2.11 bits per heavy atom. The quantitative estimate of drug-likeness (QED) is 0.841. The number of esters is 1. The lowest BCUT2D eigenvalue weighted by Gasteiger charge is -2.24. The molecule has 1 aromatic heterocycles. The van der Waals surface area contributed by atoms with Crippen LogP contribution in [0.4, 0.5) is 0 Å². The SMILES string of the molecule is CCOC(=O)c1cc(C2CCC(C(=O)O)CC2)no1. The monoisotopic (exact) mass is 267 g/mol. The summed E-state index contributed by atoms with van der Waals surface area (Å²) in [6.45, 7) is 2.01. The number of aromatic nitrogens is 1. The predicted octanol–water partition coefficient (Wildman–Crippen LogP) is 2.21. The highest BCUT2D eigenvalue weighted by atomic mass is 16.6. The van der Waals surface area contributed by atoms with Gasteiger partial charge < -0.3 is 14.4 Å². The van der Waals surface area contributed by atoms with Gasteiger partial charge in [0.05, 0.1) is 18.2 Å². The number of ether oxygens (including phenoxy) is 1. The summed E-state index contributed by atoms with van der Waals surface area (Å²) < 4.78 is 9.79. The van der Waals surface area contributed by atoms with Gasteiger partial charge in [-0.1, -0.05) is 5.16 Å². The Labute approximate surface area is 110 Å². The summed E-state index contributed by atoms with van der Waals surface area (Å²) in [5.74, 6) is -1.22. The third-order valence-corrected chi connectivity index (χ3v) is 3.50. The van der Waals surface area contributed by atoms with Crippen LogP contribution in [0.25, 0.3) is 0 Å². The molecule has 104 valence electrons. The highest BCUT2D eigenvalue weighted by Gasteiger charge is 2.29. The van der Waals surface area contributed by atoms with Crippen molar-refractivity contribution in [3.8, 4) is 0 Å². The molecule has 0 radical (unpaired) electrons. The maximum atomic E-state index is 11.4. The number of carbonyl (C=O) groups excluding carboxylic acids is 1. The third-order valence-electron chi connectivity index (χ3n) is 3.50. The number of rotatable bonds is 4. The average molecular weight is 267 g/mol. The smallest absolute Gasteiger partial charge is 0.377 e. The van der Waals surface area contributed by atoms with Gasteiger partial charge in [-0.3, -0.25) is 4.79 Å². The molecular formula is C13H17NO5. The Morgan fingerprint density at radius 1 is 1.42 bits per heavy atom. The van der Waals surface area contributed by atoms with E-state index in [1.54, 1.807) is 13.0 Å². The lowest BCUT2D eigenvalue weighted by Crippen LogP contribution is -2.20. The van der Waals surface area contributed by atoms with Crippen molar-refractivity contribution < 1.29 is 24.0 Å². The first-order valence-corrected chi connectivity index (χ1v) is 6.48. The Morgan fingerprint density at radius 3 is 2.68 bits per heavy atom. The number of aliphatic carboxylic acids is 1. The van der Waals surface area contributed by atoms with Gasteiger partial charge in [-0.25, -0.2) is 4.79 Å². The fourth-order valence-corrected chi connectivity index (χ4v) is 2.42. The summed E-state index contributed by atoms with van der Waals surface area (Å²) in [5, 5.41) is 12.8. The molecule has 0 aromatic carbocycles. The van der Waals surface area contributed by atoms with Crippen molar-refractivity contribution in [3.05, 3.63) is 17.5 Å². The Hall–Kier alpha value is -1.85. The first-order chi connectivity index (χ1) is 9.11. The Bertz CT molecular complexity index is 459. The number of hydrogen-bond donors (Lipinski definition) is 1. The van der Waals surface area contributed by atoms with Crippen LogP contribution in [0.2, 0.25) is 0 Å². The van der Waals surface area contributed by atoms with E-state index < -0.39 is 11.9 Å². The minimum Gasteiger partial charge on any atom is -0.481 e. The molecule has 1 heterocycles. The van der Waals surface area contributed by atoms with E-state index in [4.69, 9.17) is 14.4 Å². The number of carboxylic acid groups (broad SMARTS) is 1. The van der Waals surface area contributed by atoms with Crippen LogP contribution in [0.1, 0.15) is 54.8 Å². The molecule has 0 atom stereocenters. The third kappa shape index (κ3) is 3.13. The molecule has 0 aliphatic heterocycles. The normalized spacial score (nSPS) is 23.0. The van der Waals surface area contributed by atoms with Crippen LogP contribution in [0.5, 0.6) is 0 Å². The predicted molar refractivity (Wildman–Crippen MR) is 64.8 cm³/mol. The molecule has 2 rings (SSSR count). The molecule has 6 nitrogen and oxygen atoms in total. The van der Waals surface area contributed by atoms with Gasteiger partial charge in [0.1, 0.15) is 0 Å². The van der Waals surface area contributed by atoms with Crippen molar-refractivity contribution in [2.24, 2.45) is 5.92 Å². The van der Waals surface area contributed by atoms with Crippen molar-refractivity contribution in [2.45, 2.75) is 38.5 Å². The standard InChI is InChI=1S/C13H17NO5/c1-2-18-13(17)11-7-10(14-19-11)8-3-5-9(6-4-8)12(15)16/h7-9H,2-6H2,1H3,(H,15,16). The summed E-state index contributed by atoms with van der Waals surface area (Å²) in [6.07, 6.45) is 2.79. The van der Waals surface area contributed by atoms with Crippen LogP contribution >= 0.6 is 0 Å². The van der Waals surface area contributed by atoms with E-state index in [9.17, 15) is 9.59 Å². The molecule has 1 saturated carbocycles. The molecule has 0 saturated heterocycles. The van der Waals surface area contributed by atoms with Gasteiger partial charge in [-0.15, -0.1) is 0 Å². The van der Waals surface area contributed by atoms with Crippen LogP contribution in [-0.2, 0) is 9.53 Å². The molecular weight excluding hydrogens is 250 g/mol.